The van der Waals surface area contributed by atoms with Gasteiger partial charge in [-0.15, -0.1) is 12.4 Å². The molecule has 3 aliphatic heterocycles. The van der Waals surface area contributed by atoms with Gasteiger partial charge in [0.25, 0.3) is 11.5 Å². The molecule has 1 amide bonds. The number of nitrogens with one attached hydrogen (secondary N) is 2. The van der Waals surface area contributed by atoms with Crippen LogP contribution >= 0.6 is 12.4 Å². The summed E-state index contributed by atoms with van der Waals surface area (Å²) in [5, 5.41) is 15.6. The van der Waals surface area contributed by atoms with Gasteiger partial charge in [0.2, 0.25) is 0 Å². The highest BCUT2D eigenvalue weighted by molar-refractivity contribution is 5.94. The smallest absolute Gasteiger partial charge is 0.306 e. The van der Waals surface area contributed by atoms with Crippen molar-refractivity contribution < 1.29 is 28.9 Å². The van der Waals surface area contributed by atoms with Gasteiger partial charge >= 0.3 is 5.97 Å². The molecule has 2 bridgehead atoms. The number of fused-ring (bicyclic) bond motifs is 5. The fraction of sp³-hybridized carbons (Fsp3) is 0.500. The topological polar surface area (TPSA) is 154 Å². The van der Waals surface area contributed by atoms with Crippen molar-refractivity contribution in [3.05, 3.63) is 52.6 Å². The summed E-state index contributed by atoms with van der Waals surface area (Å²) in [7, 11) is 0. The Morgan fingerprint density at radius 2 is 2.02 bits per heavy atom. The SMILES string of the molecule is Cl.O=C1COc2ccc(CNC34CCC(CCn5c(=O)ccc6ncc(OCC7CC7C(=O)O)cc65)(CC3)OC4)nc2N1. The molecule has 2 aliphatic carbocycles. The van der Waals surface area contributed by atoms with Crippen LogP contribution in [0.2, 0.25) is 0 Å². The minimum absolute atomic E-state index is 0. The van der Waals surface area contributed by atoms with Crippen LogP contribution in [0.4, 0.5) is 5.82 Å². The van der Waals surface area contributed by atoms with Gasteiger partial charge < -0.3 is 34.5 Å². The highest BCUT2D eigenvalue weighted by Crippen LogP contribution is 2.46. The molecule has 2 saturated heterocycles. The molecule has 43 heavy (non-hydrogen) atoms. The molecule has 3 aromatic rings. The van der Waals surface area contributed by atoms with Crippen LogP contribution in [0.15, 0.2) is 41.3 Å². The van der Waals surface area contributed by atoms with E-state index in [-0.39, 0.29) is 53.5 Å². The first kappa shape index (κ1) is 29.3. The van der Waals surface area contributed by atoms with Crippen molar-refractivity contribution in [2.24, 2.45) is 11.8 Å². The molecule has 8 rings (SSSR count). The average Bonchev–Trinajstić information content (AvgIpc) is 3.80. The predicted molar refractivity (Wildman–Crippen MR) is 158 cm³/mol. The van der Waals surface area contributed by atoms with Gasteiger partial charge in [0, 0.05) is 36.7 Å². The Morgan fingerprint density at radius 3 is 2.77 bits per heavy atom. The molecule has 2 atom stereocenters. The van der Waals surface area contributed by atoms with Crippen molar-refractivity contribution in [3.63, 3.8) is 0 Å². The van der Waals surface area contributed by atoms with Crippen LogP contribution in [0.5, 0.6) is 11.5 Å². The zero-order valence-corrected chi connectivity index (χ0v) is 24.4. The number of nitrogens with zero attached hydrogens (tertiary/aromatic N) is 3. The minimum Gasteiger partial charge on any atom is -0.492 e. The first-order valence-corrected chi connectivity index (χ1v) is 14.5. The fourth-order valence-electron chi connectivity index (χ4n) is 6.41. The molecule has 4 fully saturated rings. The molecule has 3 aromatic heterocycles. The zero-order chi connectivity index (χ0) is 28.9. The van der Waals surface area contributed by atoms with E-state index in [1.54, 1.807) is 22.9 Å². The largest absolute Gasteiger partial charge is 0.492 e. The van der Waals surface area contributed by atoms with Crippen LogP contribution in [0, 0.1) is 11.8 Å². The van der Waals surface area contributed by atoms with Crippen molar-refractivity contribution in [2.75, 3.05) is 25.1 Å². The fourth-order valence-corrected chi connectivity index (χ4v) is 6.41. The van der Waals surface area contributed by atoms with E-state index >= 15 is 0 Å². The molecule has 13 heteroatoms. The van der Waals surface area contributed by atoms with Crippen LogP contribution in [-0.4, -0.2) is 62.5 Å². The molecule has 6 heterocycles. The van der Waals surface area contributed by atoms with E-state index in [0.717, 1.165) is 31.4 Å². The van der Waals surface area contributed by atoms with Gasteiger partial charge in [0.1, 0.15) is 5.75 Å². The number of hydrogen-bond donors (Lipinski definition) is 3. The Morgan fingerprint density at radius 1 is 1.19 bits per heavy atom. The van der Waals surface area contributed by atoms with E-state index in [1.807, 2.05) is 18.2 Å². The molecule has 2 unspecified atom stereocenters. The normalized spacial score (nSPS) is 27.0. The third-order valence-electron chi connectivity index (χ3n) is 9.26. The van der Waals surface area contributed by atoms with Crippen LogP contribution in [0.1, 0.15) is 44.2 Å². The summed E-state index contributed by atoms with van der Waals surface area (Å²) in [5.74, 6) is 0.251. The molecule has 0 spiro atoms. The number of ether oxygens (including phenoxy) is 3. The number of carboxylic acid groups (broad SMARTS) is 1. The van der Waals surface area contributed by atoms with E-state index in [1.165, 1.54) is 0 Å². The van der Waals surface area contributed by atoms with Gasteiger partial charge in [0.05, 0.1) is 47.7 Å². The number of carbonyl (C=O) groups excluding carboxylic acids is 1. The number of aromatic nitrogens is 3. The third-order valence-corrected chi connectivity index (χ3v) is 9.26. The van der Waals surface area contributed by atoms with Gasteiger partial charge in [-0.2, -0.15) is 0 Å². The second kappa shape index (κ2) is 11.4. The molecule has 5 aliphatic rings. The Balaban J connectivity index is 0.00000329. The van der Waals surface area contributed by atoms with Crippen molar-refractivity contribution >= 4 is 41.1 Å². The zero-order valence-electron chi connectivity index (χ0n) is 23.5. The summed E-state index contributed by atoms with van der Waals surface area (Å²) in [6.45, 7) is 1.97. The van der Waals surface area contributed by atoms with E-state index in [0.29, 0.717) is 67.5 Å². The monoisotopic (exact) mass is 611 g/mol. The van der Waals surface area contributed by atoms with Crippen LogP contribution < -0.4 is 25.7 Å². The van der Waals surface area contributed by atoms with E-state index in [2.05, 4.69) is 20.6 Å². The van der Waals surface area contributed by atoms with Crippen LogP contribution in [-0.2, 0) is 27.4 Å². The molecule has 0 aromatic carbocycles. The standard InChI is InChI=1S/C30H33N5O7.ClH/c36-25-16-41-24-3-1-19(33-27(24)34-25)13-32-29-5-7-30(8-6-29,42-17-29)9-10-35-23-12-20(14-31-22(23)2-4-26(35)37)40-15-18-11-21(18)28(38)39;/h1-4,12,14,18,21,32H,5-11,13,15-17H2,(H,38,39)(H,33,34,36);1H. The molecule has 12 nitrogen and oxygen atoms in total. The Hall–Kier alpha value is -3.74. The maximum Gasteiger partial charge on any atom is 0.306 e. The summed E-state index contributed by atoms with van der Waals surface area (Å²) >= 11 is 0. The van der Waals surface area contributed by atoms with E-state index in [4.69, 9.17) is 19.3 Å². The first-order valence-electron chi connectivity index (χ1n) is 14.5. The highest BCUT2D eigenvalue weighted by atomic mass is 35.5. The number of hydrogen-bond acceptors (Lipinski definition) is 9. The summed E-state index contributed by atoms with van der Waals surface area (Å²) in [4.78, 5) is 44.7. The van der Waals surface area contributed by atoms with E-state index < -0.39 is 5.97 Å². The molecule has 3 N–H and O–H groups in total. The second-order valence-corrected chi connectivity index (χ2v) is 12.0. The lowest BCUT2D eigenvalue weighted by molar-refractivity contribution is -0.167. The van der Waals surface area contributed by atoms with Crippen LogP contribution in [0.25, 0.3) is 11.0 Å². The van der Waals surface area contributed by atoms with E-state index in [9.17, 15) is 14.4 Å². The number of halogens is 1. The number of aliphatic carboxylic acids is 1. The number of aryl methyl sites for hydroxylation is 1. The van der Waals surface area contributed by atoms with Crippen molar-refractivity contribution in [1.82, 2.24) is 19.9 Å². The summed E-state index contributed by atoms with van der Waals surface area (Å²) < 4.78 is 19.5. The maximum atomic E-state index is 12.9. The Kier molecular flexibility index (Phi) is 7.78. The number of carboxylic acids is 1. The van der Waals surface area contributed by atoms with Gasteiger partial charge in [-0.25, -0.2) is 4.98 Å². The minimum atomic E-state index is -0.785. The summed E-state index contributed by atoms with van der Waals surface area (Å²) in [5.41, 5.74) is 1.70. The van der Waals surface area contributed by atoms with Gasteiger partial charge in [-0.05, 0) is 56.7 Å². The number of amides is 1. The average molecular weight is 612 g/mol. The maximum absolute atomic E-state index is 12.9. The number of pyridine rings is 3. The third kappa shape index (κ3) is 5.91. The summed E-state index contributed by atoms with van der Waals surface area (Å²) in [6, 6.07) is 8.82. The molecule has 0 radical (unpaired) electrons. The Bertz CT molecular complexity index is 1600. The van der Waals surface area contributed by atoms with Gasteiger partial charge in [-0.3, -0.25) is 19.4 Å². The van der Waals surface area contributed by atoms with Crippen molar-refractivity contribution in [3.8, 4) is 11.5 Å². The van der Waals surface area contributed by atoms with Crippen molar-refractivity contribution in [1.29, 1.82) is 0 Å². The van der Waals surface area contributed by atoms with Crippen molar-refractivity contribution in [2.45, 2.75) is 62.8 Å². The molecular weight excluding hydrogens is 578 g/mol. The lowest BCUT2D eigenvalue weighted by atomic mass is 9.70. The van der Waals surface area contributed by atoms with Gasteiger partial charge in [-0.1, -0.05) is 0 Å². The number of rotatable bonds is 10. The highest BCUT2D eigenvalue weighted by Gasteiger charge is 2.49. The number of carbonyl (C=O) groups is 2. The second-order valence-electron chi connectivity index (χ2n) is 12.0. The molecular formula is C30H34ClN5O7. The molecule has 228 valence electrons. The Labute approximate surface area is 253 Å². The quantitative estimate of drug-likeness (QED) is 0.312. The van der Waals surface area contributed by atoms with Crippen LogP contribution in [0.3, 0.4) is 0 Å². The lowest BCUT2D eigenvalue weighted by Gasteiger charge is -2.53. The first-order chi connectivity index (χ1) is 20.3. The van der Waals surface area contributed by atoms with Gasteiger partial charge in [0.15, 0.2) is 18.2 Å². The predicted octanol–water partition coefficient (Wildman–Crippen LogP) is 2.91. The molecule has 2 saturated carbocycles. The summed E-state index contributed by atoms with van der Waals surface area (Å²) in [6.07, 6.45) is 6.65. The number of anilines is 1. The lowest BCUT2D eigenvalue weighted by Crippen LogP contribution is -2.61.